The molecule has 0 saturated carbocycles. The van der Waals surface area contributed by atoms with Crippen LogP contribution in [0.25, 0.3) is 0 Å². The summed E-state index contributed by atoms with van der Waals surface area (Å²) < 4.78 is 6.21. The molecule has 5 heteroatoms. The highest BCUT2D eigenvalue weighted by Gasteiger charge is 2.20. The Bertz CT molecular complexity index is 345. The van der Waals surface area contributed by atoms with Gasteiger partial charge in [0, 0.05) is 24.2 Å². The second-order valence-electron chi connectivity index (χ2n) is 3.36. The van der Waals surface area contributed by atoms with Gasteiger partial charge in [0.1, 0.15) is 4.88 Å². The summed E-state index contributed by atoms with van der Waals surface area (Å²) in [6.45, 7) is 2.90. The third kappa shape index (κ3) is 2.59. The Morgan fingerprint density at radius 1 is 1.47 bits per heavy atom. The van der Waals surface area contributed by atoms with Gasteiger partial charge in [0.25, 0.3) is 5.91 Å². The molecule has 1 fully saturated rings. The first kappa shape index (κ1) is 11.1. The fourth-order valence-corrected chi connectivity index (χ4v) is 3.05. The molecule has 2 rings (SSSR count). The first-order chi connectivity index (χ1) is 7.29. The summed E-state index contributed by atoms with van der Waals surface area (Å²) >= 11 is 4.86. The normalized spacial score (nSPS) is 17.5. The van der Waals surface area contributed by atoms with E-state index in [9.17, 15) is 4.79 Å². The molecule has 1 aliphatic heterocycles. The van der Waals surface area contributed by atoms with Crippen molar-refractivity contribution >= 4 is 33.2 Å². The lowest BCUT2D eigenvalue weighted by atomic mass is 10.3. The van der Waals surface area contributed by atoms with Crippen molar-refractivity contribution in [1.82, 2.24) is 4.90 Å². The minimum Gasteiger partial charge on any atom is -0.380 e. The van der Waals surface area contributed by atoms with Crippen molar-refractivity contribution in [3.05, 3.63) is 20.8 Å². The molecule has 0 N–H and O–H groups in total. The van der Waals surface area contributed by atoms with Gasteiger partial charge in [-0.3, -0.25) is 4.79 Å². The van der Waals surface area contributed by atoms with E-state index in [-0.39, 0.29) is 5.91 Å². The highest BCUT2D eigenvalue weighted by atomic mass is 79.9. The zero-order valence-corrected chi connectivity index (χ0v) is 10.6. The third-order valence-corrected chi connectivity index (χ3v) is 4.15. The van der Waals surface area contributed by atoms with E-state index in [1.165, 1.54) is 11.3 Å². The molecule has 15 heavy (non-hydrogen) atoms. The molecule has 0 radical (unpaired) electrons. The highest BCUT2D eigenvalue weighted by molar-refractivity contribution is 9.10. The molecule has 0 bridgehead atoms. The standard InChI is InChI=1S/C10H12BrNO2S/c11-8-2-7-15-9(8)10(13)12-3-1-5-14-6-4-12/h2,7H,1,3-6H2. The Balaban J connectivity index is 2.09. The summed E-state index contributed by atoms with van der Waals surface area (Å²) in [6.07, 6.45) is 0.925. The Kier molecular flexibility index (Phi) is 3.77. The van der Waals surface area contributed by atoms with E-state index in [0.717, 1.165) is 28.9 Å². The van der Waals surface area contributed by atoms with E-state index >= 15 is 0 Å². The Morgan fingerprint density at radius 3 is 3.07 bits per heavy atom. The summed E-state index contributed by atoms with van der Waals surface area (Å²) in [5, 5.41) is 1.92. The van der Waals surface area contributed by atoms with Crippen molar-refractivity contribution < 1.29 is 9.53 Å². The maximum atomic E-state index is 12.1. The van der Waals surface area contributed by atoms with E-state index < -0.39 is 0 Å². The van der Waals surface area contributed by atoms with Crippen molar-refractivity contribution in [1.29, 1.82) is 0 Å². The van der Waals surface area contributed by atoms with Gasteiger partial charge in [-0.1, -0.05) is 0 Å². The van der Waals surface area contributed by atoms with Crippen LogP contribution in [0.1, 0.15) is 16.1 Å². The van der Waals surface area contributed by atoms with Crippen molar-refractivity contribution in [2.24, 2.45) is 0 Å². The van der Waals surface area contributed by atoms with Crippen molar-refractivity contribution in [3.63, 3.8) is 0 Å². The van der Waals surface area contributed by atoms with Crippen LogP contribution in [-0.4, -0.2) is 37.1 Å². The molecule has 1 saturated heterocycles. The molecule has 1 aliphatic rings. The van der Waals surface area contributed by atoms with Crippen LogP contribution < -0.4 is 0 Å². The fraction of sp³-hybridized carbons (Fsp3) is 0.500. The average molecular weight is 290 g/mol. The predicted molar refractivity (Wildman–Crippen MR) is 63.4 cm³/mol. The average Bonchev–Trinajstić information content (AvgIpc) is 2.53. The molecule has 3 nitrogen and oxygen atoms in total. The summed E-state index contributed by atoms with van der Waals surface area (Å²) in [5.74, 6) is 0.113. The number of hydrogen-bond acceptors (Lipinski definition) is 3. The number of thiophene rings is 1. The molecule has 0 aromatic carbocycles. The van der Waals surface area contributed by atoms with Gasteiger partial charge in [0.15, 0.2) is 0 Å². The lowest BCUT2D eigenvalue weighted by Gasteiger charge is -2.18. The van der Waals surface area contributed by atoms with Gasteiger partial charge in [-0.25, -0.2) is 0 Å². The van der Waals surface area contributed by atoms with Gasteiger partial charge >= 0.3 is 0 Å². The number of carbonyl (C=O) groups is 1. The zero-order valence-electron chi connectivity index (χ0n) is 8.24. The second-order valence-corrected chi connectivity index (χ2v) is 5.13. The number of carbonyl (C=O) groups excluding carboxylic acids is 1. The van der Waals surface area contributed by atoms with Gasteiger partial charge in [-0.15, -0.1) is 11.3 Å². The molecular formula is C10H12BrNO2S. The molecule has 0 unspecified atom stereocenters. The third-order valence-electron chi connectivity index (χ3n) is 2.32. The van der Waals surface area contributed by atoms with Gasteiger partial charge < -0.3 is 9.64 Å². The Hall–Kier alpha value is -0.390. The van der Waals surface area contributed by atoms with Gasteiger partial charge in [0.2, 0.25) is 0 Å². The Labute approximate surface area is 101 Å². The summed E-state index contributed by atoms with van der Waals surface area (Å²) in [5.41, 5.74) is 0. The van der Waals surface area contributed by atoms with Gasteiger partial charge in [-0.2, -0.15) is 0 Å². The fourth-order valence-electron chi connectivity index (χ4n) is 1.54. The smallest absolute Gasteiger partial charge is 0.265 e. The second kappa shape index (κ2) is 5.09. The molecule has 82 valence electrons. The van der Waals surface area contributed by atoms with Crippen LogP contribution in [0.2, 0.25) is 0 Å². The molecular weight excluding hydrogens is 278 g/mol. The lowest BCUT2D eigenvalue weighted by Crippen LogP contribution is -2.32. The number of hydrogen-bond donors (Lipinski definition) is 0. The molecule has 0 aliphatic carbocycles. The topological polar surface area (TPSA) is 29.5 Å². The van der Waals surface area contributed by atoms with E-state index in [1.807, 2.05) is 16.3 Å². The lowest BCUT2D eigenvalue weighted by molar-refractivity contribution is 0.0745. The van der Waals surface area contributed by atoms with Crippen LogP contribution in [0, 0.1) is 0 Å². The zero-order chi connectivity index (χ0) is 10.7. The predicted octanol–water partition coefficient (Wildman–Crippen LogP) is 2.37. The molecule has 1 amide bonds. The molecule has 0 spiro atoms. The minimum absolute atomic E-state index is 0.113. The maximum Gasteiger partial charge on any atom is 0.265 e. The van der Waals surface area contributed by atoms with E-state index in [0.29, 0.717) is 13.2 Å². The number of ether oxygens (including phenoxy) is 1. The quantitative estimate of drug-likeness (QED) is 0.794. The first-order valence-electron chi connectivity index (χ1n) is 4.89. The number of halogens is 1. The van der Waals surface area contributed by atoms with Crippen LogP contribution in [-0.2, 0) is 4.74 Å². The molecule has 0 atom stereocenters. The number of nitrogens with zero attached hydrogens (tertiary/aromatic N) is 1. The summed E-state index contributed by atoms with van der Waals surface area (Å²) in [7, 11) is 0. The SMILES string of the molecule is O=C(c1sccc1Br)N1CCCOCC1. The van der Waals surface area contributed by atoms with Crippen molar-refractivity contribution in [2.45, 2.75) is 6.42 Å². The van der Waals surface area contributed by atoms with E-state index in [2.05, 4.69) is 15.9 Å². The molecule has 2 heterocycles. The highest BCUT2D eigenvalue weighted by Crippen LogP contribution is 2.24. The van der Waals surface area contributed by atoms with E-state index in [1.54, 1.807) is 0 Å². The number of rotatable bonds is 1. The van der Waals surface area contributed by atoms with Gasteiger partial charge in [-0.05, 0) is 33.8 Å². The van der Waals surface area contributed by atoms with Crippen LogP contribution in [0.15, 0.2) is 15.9 Å². The number of amides is 1. The first-order valence-corrected chi connectivity index (χ1v) is 6.56. The summed E-state index contributed by atoms with van der Waals surface area (Å²) in [4.78, 5) is 14.7. The maximum absolute atomic E-state index is 12.1. The molecule has 1 aromatic heterocycles. The van der Waals surface area contributed by atoms with Crippen LogP contribution in [0.5, 0.6) is 0 Å². The minimum atomic E-state index is 0.113. The van der Waals surface area contributed by atoms with Crippen LogP contribution in [0.3, 0.4) is 0 Å². The van der Waals surface area contributed by atoms with Crippen molar-refractivity contribution in [2.75, 3.05) is 26.3 Å². The van der Waals surface area contributed by atoms with Gasteiger partial charge in [0.05, 0.1) is 6.61 Å². The Morgan fingerprint density at radius 2 is 2.33 bits per heavy atom. The largest absolute Gasteiger partial charge is 0.380 e. The van der Waals surface area contributed by atoms with Crippen LogP contribution in [0.4, 0.5) is 0 Å². The summed E-state index contributed by atoms with van der Waals surface area (Å²) in [6, 6.07) is 1.91. The van der Waals surface area contributed by atoms with Crippen LogP contribution >= 0.6 is 27.3 Å². The van der Waals surface area contributed by atoms with Crippen molar-refractivity contribution in [3.8, 4) is 0 Å². The molecule has 1 aromatic rings. The monoisotopic (exact) mass is 289 g/mol. The van der Waals surface area contributed by atoms with E-state index in [4.69, 9.17) is 4.74 Å².